The number of aliphatic carboxylic acids is 1. The highest BCUT2D eigenvalue weighted by Crippen LogP contribution is 2.41. The SMILES string of the molecule is O=C(Cc1cccs1)NC1C(=O)N2C(C(=O)O)=C(C=CSc3cc(=O)c4ccccc4s3)CS[C@@H]12. The molecule has 3 aromatic rings. The van der Waals surface area contributed by atoms with Crippen molar-refractivity contribution < 1.29 is 19.5 Å². The molecule has 1 fully saturated rings. The highest BCUT2D eigenvalue weighted by atomic mass is 32.2. The highest BCUT2D eigenvalue weighted by molar-refractivity contribution is 8.04. The second-order valence-electron chi connectivity index (χ2n) is 7.74. The quantitative estimate of drug-likeness (QED) is 0.345. The minimum atomic E-state index is -1.19. The number of thioether (sulfide) groups is 2. The maximum atomic E-state index is 12.8. The number of fused-ring (bicyclic) bond motifs is 2. The standard InChI is InChI=1S/C24H18N2O5S4/c27-16-11-19(35-17-6-2-1-5-15(16)17)33-9-7-13-12-34-23-20(22(29)26(23)21(13)24(30)31)25-18(28)10-14-4-3-8-32-14/h1-9,11,20,23H,10,12H2,(H,25,28)(H,30,31)/t20?,23-/m0/s1. The van der Waals surface area contributed by atoms with Crippen LogP contribution in [0, 0.1) is 0 Å². The molecule has 1 aromatic carbocycles. The third-order valence-corrected chi connectivity index (χ3v) is 9.73. The number of nitrogens with one attached hydrogen (secondary N) is 1. The molecule has 0 saturated carbocycles. The van der Waals surface area contributed by atoms with Crippen molar-refractivity contribution in [2.45, 2.75) is 22.0 Å². The van der Waals surface area contributed by atoms with Crippen LogP contribution in [0.3, 0.4) is 0 Å². The molecule has 2 aliphatic heterocycles. The van der Waals surface area contributed by atoms with E-state index in [9.17, 15) is 24.3 Å². The lowest BCUT2D eigenvalue weighted by molar-refractivity contribution is -0.150. The van der Waals surface area contributed by atoms with Crippen molar-refractivity contribution in [2.24, 2.45) is 0 Å². The molecular weight excluding hydrogens is 525 g/mol. The van der Waals surface area contributed by atoms with Gasteiger partial charge in [-0.1, -0.05) is 30.0 Å². The van der Waals surface area contributed by atoms with Crippen LogP contribution in [0.4, 0.5) is 0 Å². The van der Waals surface area contributed by atoms with Gasteiger partial charge in [0.25, 0.3) is 5.91 Å². The Labute approximate surface area is 216 Å². The summed E-state index contributed by atoms with van der Waals surface area (Å²) in [5.41, 5.74) is 0.386. The molecule has 0 aliphatic carbocycles. The van der Waals surface area contributed by atoms with Gasteiger partial charge < -0.3 is 10.4 Å². The van der Waals surface area contributed by atoms with E-state index in [1.807, 2.05) is 35.7 Å². The Kier molecular flexibility index (Phi) is 6.83. The zero-order chi connectivity index (χ0) is 24.5. The molecule has 0 bridgehead atoms. The molecule has 4 heterocycles. The number of hydrogen-bond donors (Lipinski definition) is 2. The number of allylic oxidation sites excluding steroid dienone is 1. The number of amides is 2. The van der Waals surface area contributed by atoms with Crippen LogP contribution < -0.4 is 10.7 Å². The summed E-state index contributed by atoms with van der Waals surface area (Å²) in [4.78, 5) is 51.7. The fourth-order valence-electron chi connectivity index (χ4n) is 3.89. The molecule has 2 atom stereocenters. The van der Waals surface area contributed by atoms with Gasteiger partial charge in [-0.3, -0.25) is 19.3 Å². The number of β-lactam (4-membered cyclic amide) rings is 1. The van der Waals surface area contributed by atoms with Gasteiger partial charge in [0.2, 0.25) is 5.91 Å². The van der Waals surface area contributed by atoms with E-state index < -0.39 is 23.3 Å². The highest BCUT2D eigenvalue weighted by Gasteiger charge is 2.53. The number of rotatable bonds is 7. The average Bonchev–Trinajstić information content (AvgIpc) is 3.35. The molecule has 1 unspecified atom stereocenters. The Morgan fingerprint density at radius 3 is 2.80 bits per heavy atom. The monoisotopic (exact) mass is 542 g/mol. The van der Waals surface area contributed by atoms with Gasteiger partial charge in [0.05, 0.1) is 10.6 Å². The number of thiophene rings is 1. The number of nitrogens with zero attached hydrogens (tertiary/aromatic N) is 1. The predicted molar refractivity (Wildman–Crippen MR) is 141 cm³/mol. The first-order valence-corrected chi connectivity index (χ1v) is 14.1. The van der Waals surface area contributed by atoms with Crippen LogP contribution in [-0.4, -0.2) is 45.0 Å². The molecule has 35 heavy (non-hydrogen) atoms. The first kappa shape index (κ1) is 23.9. The van der Waals surface area contributed by atoms with E-state index in [4.69, 9.17) is 0 Å². The van der Waals surface area contributed by atoms with E-state index in [-0.39, 0.29) is 23.5 Å². The van der Waals surface area contributed by atoms with Crippen LogP contribution in [0.2, 0.25) is 0 Å². The number of hydrogen-bond acceptors (Lipinski definition) is 8. The summed E-state index contributed by atoms with van der Waals surface area (Å²) in [6, 6.07) is 11.9. The minimum Gasteiger partial charge on any atom is -0.477 e. The lowest BCUT2D eigenvalue weighted by Gasteiger charge is -2.49. The Morgan fingerprint density at radius 2 is 2.03 bits per heavy atom. The summed E-state index contributed by atoms with van der Waals surface area (Å²) in [5, 5.41) is 16.4. The molecule has 7 nitrogen and oxygen atoms in total. The number of carboxylic acids is 1. The van der Waals surface area contributed by atoms with E-state index in [0.29, 0.717) is 16.7 Å². The van der Waals surface area contributed by atoms with E-state index >= 15 is 0 Å². The Bertz CT molecular complexity index is 1440. The summed E-state index contributed by atoms with van der Waals surface area (Å²) in [5.74, 6) is -1.49. The van der Waals surface area contributed by atoms with Crippen molar-refractivity contribution >= 4 is 74.1 Å². The number of carbonyl (C=O) groups excluding carboxylic acids is 2. The largest absolute Gasteiger partial charge is 0.477 e. The van der Waals surface area contributed by atoms with Gasteiger partial charge in [0.1, 0.15) is 17.1 Å². The summed E-state index contributed by atoms with van der Waals surface area (Å²) in [7, 11) is 0. The first-order valence-electron chi connectivity index (χ1n) is 10.5. The molecule has 2 N–H and O–H groups in total. The Balaban J connectivity index is 1.30. The lowest BCUT2D eigenvalue weighted by Crippen LogP contribution is -2.70. The van der Waals surface area contributed by atoms with Crippen molar-refractivity contribution in [1.82, 2.24) is 10.2 Å². The summed E-state index contributed by atoms with van der Waals surface area (Å²) in [6.07, 6.45) is 1.87. The molecule has 11 heteroatoms. The number of carboxylic acid groups (broad SMARTS) is 1. The number of benzene rings is 1. The number of carbonyl (C=O) groups is 3. The van der Waals surface area contributed by atoms with Gasteiger partial charge in [0.15, 0.2) is 5.43 Å². The van der Waals surface area contributed by atoms with Gasteiger partial charge >= 0.3 is 5.97 Å². The van der Waals surface area contributed by atoms with Crippen LogP contribution in [0.25, 0.3) is 10.1 Å². The van der Waals surface area contributed by atoms with Crippen molar-refractivity contribution in [3.63, 3.8) is 0 Å². The second-order valence-corrected chi connectivity index (χ2v) is 12.2. The van der Waals surface area contributed by atoms with Gasteiger partial charge in [-0.2, -0.15) is 0 Å². The van der Waals surface area contributed by atoms with Crippen LogP contribution in [0.15, 0.2) is 79.6 Å². The molecule has 178 valence electrons. The summed E-state index contributed by atoms with van der Waals surface area (Å²) in [6.45, 7) is 0. The van der Waals surface area contributed by atoms with Gasteiger partial charge in [-0.15, -0.1) is 34.4 Å². The first-order chi connectivity index (χ1) is 16.9. The molecule has 2 aromatic heterocycles. The molecule has 5 rings (SSSR count). The fourth-order valence-corrected chi connectivity index (χ4v) is 7.89. The molecule has 2 aliphatic rings. The third-order valence-electron chi connectivity index (χ3n) is 5.50. The lowest BCUT2D eigenvalue weighted by atomic mass is 10.0. The molecule has 2 amide bonds. The van der Waals surface area contributed by atoms with Crippen molar-refractivity contribution in [2.75, 3.05) is 5.75 Å². The van der Waals surface area contributed by atoms with Crippen LogP contribution >= 0.6 is 46.2 Å². The van der Waals surface area contributed by atoms with Gasteiger partial charge in [-0.05, 0) is 40.6 Å². The Morgan fingerprint density at radius 1 is 1.20 bits per heavy atom. The van der Waals surface area contributed by atoms with Crippen LogP contribution in [0.1, 0.15) is 4.88 Å². The van der Waals surface area contributed by atoms with Crippen molar-refractivity contribution in [3.8, 4) is 0 Å². The van der Waals surface area contributed by atoms with Crippen LogP contribution in [0.5, 0.6) is 0 Å². The maximum Gasteiger partial charge on any atom is 0.352 e. The third kappa shape index (κ3) is 4.81. The smallest absolute Gasteiger partial charge is 0.352 e. The average molecular weight is 543 g/mol. The van der Waals surface area contributed by atoms with Crippen LogP contribution in [-0.2, 0) is 20.8 Å². The molecule has 0 spiro atoms. The normalized spacial score (nSPS) is 19.7. The van der Waals surface area contributed by atoms with Gasteiger partial charge in [-0.25, -0.2) is 4.79 Å². The van der Waals surface area contributed by atoms with Gasteiger partial charge in [0, 0.05) is 26.8 Å². The van der Waals surface area contributed by atoms with E-state index in [2.05, 4.69) is 5.32 Å². The fraction of sp³-hybridized carbons (Fsp3) is 0.167. The summed E-state index contributed by atoms with van der Waals surface area (Å²) >= 11 is 5.70. The van der Waals surface area contributed by atoms with Crippen molar-refractivity contribution in [1.29, 1.82) is 0 Å². The predicted octanol–water partition coefficient (Wildman–Crippen LogP) is 3.91. The minimum absolute atomic E-state index is 0.0601. The summed E-state index contributed by atoms with van der Waals surface area (Å²) < 4.78 is 1.67. The maximum absolute atomic E-state index is 12.8. The zero-order valence-corrected chi connectivity index (χ0v) is 21.3. The van der Waals surface area contributed by atoms with Crippen molar-refractivity contribution in [3.05, 3.63) is 85.7 Å². The molecular formula is C24H18N2O5S4. The van der Waals surface area contributed by atoms with E-state index in [1.54, 1.807) is 23.6 Å². The zero-order valence-electron chi connectivity index (χ0n) is 18.0. The molecule has 0 radical (unpaired) electrons. The second kappa shape index (κ2) is 10.0. The van der Waals surface area contributed by atoms with E-state index in [0.717, 1.165) is 13.8 Å². The molecule has 1 saturated heterocycles. The van der Waals surface area contributed by atoms with E-state index in [1.165, 1.54) is 51.1 Å². The Hall–Kier alpha value is -2.86. The topological polar surface area (TPSA) is 104 Å².